The number of carbonyl (C=O) groups excluding carboxylic acids is 1. The van der Waals surface area contributed by atoms with Gasteiger partial charge in [-0.1, -0.05) is 0 Å². The van der Waals surface area contributed by atoms with Crippen LogP contribution in [0.15, 0.2) is 28.7 Å². The summed E-state index contributed by atoms with van der Waals surface area (Å²) in [5.74, 6) is -2.06. The number of benzene rings is 1. The van der Waals surface area contributed by atoms with Gasteiger partial charge in [-0.25, -0.2) is 13.2 Å². The predicted molar refractivity (Wildman–Crippen MR) is 76.1 cm³/mol. The quantitative estimate of drug-likeness (QED) is 0.884. The van der Waals surface area contributed by atoms with Crippen molar-refractivity contribution in [2.45, 2.75) is 12.2 Å². The number of rotatable bonds is 4. The van der Waals surface area contributed by atoms with Gasteiger partial charge in [-0.15, -0.1) is 0 Å². The SMILES string of the molecule is CC(C(=O)Nc1ccc2oc(C(=O)O)cc2c1)S(C)(=O)=O. The first-order valence-electron chi connectivity index (χ1n) is 5.95. The summed E-state index contributed by atoms with van der Waals surface area (Å²) in [6.45, 7) is 1.30. The van der Waals surface area contributed by atoms with E-state index in [1.807, 2.05) is 0 Å². The van der Waals surface area contributed by atoms with Crippen LogP contribution in [0.4, 0.5) is 5.69 Å². The number of hydrogen-bond donors (Lipinski definition) is 2. The molecule has 0 fully saturated rings. The molecule has 21 heavy (non-hydrogen) atoms. The highest BCUT2D eigenvalue weighted by atomic mass is 32.2. The van der Waals surface area contributed by atoms with Crippen LogP contribution in [0.1, 0.15) is 17.5 Å². The molecule has 0 aliphatic heterocycles. The van der Waals surface area contributed by atoms with Gasteiger partial charge in [-0.3, -0.25) is 4.79 Å². The van der Waals surface area contributed by atoms with Gasteiger partial charge in [0.05, 0.1) is 0 Å². The highest BCUT2D eigenvalue weighted by Gasteiger charge is 2.23. The molecule has 1 heterocycles. The van der Waals surface area contributed by atoms with Gasteiger partial charge in [0.1, 0.15) is 10.8 Å². The smallest absolute Gasteiger partial charge is 0.371 e. The van der Waals surface area contributed by atoms with Crippen molar-refractivity contribution in [1.29, 1.82) is 0 Å². The van der Waals surface area contributed by atoms with Crippen molar-refractivity contribution in [3.63, 3.8) is 0 Å². The van der Waals surface area contributed by atoms with Crippen molar-refractivity contribution in [3.8, 4) is 0 Å². The zero-order valence-electron chi connectivity index (χ0n) is 11.3. The molecule has 0 aliphatic rings. The van der Waals surface area contributed by atoms with Crippen molar-refractivity contribution >= 4 is 38.4 Å². The molecule has 0 bridgehead atoms. The highest BCUT2D eigenvalue weighted by molar-refractivity contribution is 7.92. The average molecular weight is 311 g/mol. The molecule has 2 rings (SSSR count). The summed E-state index contributed by atoms with van der Waals surface area (Å²) in [7, 11) is -3.48. The standard InChI is InChI=1S/C13H13NO6S/c1-7(21(2,18)19)12(15)14-9-3-4-10-8(5-9)6-11(20-10)13(16)17/h3-7H,1-2H3,(H,14,15)(H,16,17). The van der Waals surface area contributed by atoms with Gasteiger partial charge in [-0.05, 0) is 31.2 Å². The van der Waals surface area contributed by atoms with E-state index in [0.717, 1.165) is 6.26 Å². The number of nitrogens with one attached hydrogen (secondary N) is 1. The van der Waals surface area contributed by atoms with Crippen LogP contribution in [0.3, 0.4) is 0 Å². The lowest BCUT2D eigenvalue weighted by atomic mass is 10.2. The Hall–Kier alpha value is -2.35. The van der Waals surface area contributed by atoms with Crippen LogP contribution in [0.5, 0.6) is 0 Å². The van der Waals surface area contributed by atoms with E-state index in [1.54, 1.807) is 0 Å². The Labute approximate surface area is 120 Å². The maximum Gasteiger partial charge on any atom is 0.371 e. The fraction of sp³-hybridized carbons (Fsp3) is 0.231. The molecule has 1 atom stereocenters. The molecule has 1 amide bonds. The summed E-state index contributed by atoms with van der Waals surface area (Å²) < 4.78 is 27.7. The van der Waals surface area contributed by atoms with Crippen molar-refractivity contribution in [2.24, 2.45) is 0 Å². The molecule has 1 aromatic heterocycles. The van der Waals surface area contributed by atoms with Crippen molar-refractivity contribution in [2.75, 3.05) is 11.6 Å². The Bertz CT molecular complexity index is 820. The Balaban J connectivity index is 2.27. The van der Waals surface area contributed by atoms with E-state index in [4.69, 9.17) is 9.52 Å². The number of carboxylic acid groups (broad SMARTS) is 1. The van der Waals surface area contributed by atoms with E-state index in [-0.39, 0.29) is 5.76 Å². The second-order valence-corrected chi connectivity index (χ2v) is 7.00. The number of amides is 1. The minimum absolute atomic E-state index is 0.210. The largest absolute Gasteiger partial charge is 0.475 e. The molecule has 7 nitrogen and oxygen atoms in total. The van der Waals surface area contributed by atoms with Crippen LogP contribution in [0.25, 0.3) is 11.0 Å². The molecule has 0 radical (unpaired) electrons. The maximum absolute atomic E-state index is 11.8. The van der Waals surface area contributed by atoms with E-state index in [9.17, 15) is 18.0 Å². The van der Waals surface area contributed by atoms with Gasteiger partial charge in [0, 0.05) is 17.3 Å². The molecule has 2 aromatic rings. The summed E-state index contributed by atoms with van der Waals surface area (Å²) >= 11 is 0. The molecule has 0 spiro atoms. The molecule has 0 saturated heterocycles. The third-order valence-corrected chi connectivity index (χ3v) is 4.50. The molecular weight excluding hydrogens is 298 g/mol. The second-order valence-electron chi connectivity index (χ2n) is 4.63. The van der Waals surface area contributed by atoms with E-state index in [1.165, 1.54) is 31.2 Å². The van der Waals surface area contributed by atoms with Crippen molar-refractivity contribution in [1.82, 2.24) is 0 Å². The number of hydrogen-bond acceptors (Lipinski definition) is 5. The lowest BCUT2D eigenvalue weighted by Crippen LogP contribution is -2.31. The van der Waals surface area contributed by atoms with Gasteiger partial charge in [0.15, 0.2) is 9.84 Å². The highest BCUT2D eigenvalue weighted by Crippen LogP contribution is 2.23. The van der Waals surface area contributed by atoms with Crippen LogP contribution in [0.2, 0.25) is 0 Å². The summed E-state index contributed by atoms with van der Waals surface area (Å²) in [6.07, 6.45) is 0.982. The van der Waals surface area contributed by atoms with Gasteiger partial charge >= 0.3 is 5.97 Å². The Kier molecular flexibility index (Phi) is 3.73. The van der Waals surface area contributed by atoms with Gasteiger partial charge in [0.2, 0.25) is 11.7 Å². The Morgan fingerprint density at radius 2 is 1.95 bits per heavy atom. The molecule has 1 aromatic carbocycles. The predicted octanol–water partition coefficient (Wildman–Crippen LogP) is 1.50. The summed E-state index contributed by atoms with van der Waals surface area (Å²) in [4.78, 5) is 22.6. The molecule has 2 N–H and O–H groups in total. The maximum atomic E-state index is 11.8. The zero-order valence-corrected chi connectivity index (χ0v) is 12.1. The van der Waals surface area contributed by atoms with Crippen molar-refractivity contribution in [3.05, 3.63) is 30.0 Å². The fourth-order valence-electron chi connectivity index (χ4n) is 1.66. The van der Waals surface area contributed by atoms with Crippen LogP contribution in [0, 0.1) is 0 Å². The number of anilines is 1. The topological polar surface area (TPSA) is 114 Å². The molecule has 0 aliphatic carbocycles. The molecule has 8 heteroatoms. The third-order valence-electron chi connectivity index (χ3n) is 3.01. The minimum Gasteiger partial charge on any atom is -0.475 e. The van der Waals surface area contributed by atoms with E-state index in [2.05, 4.69) is 5.32 Å². The lowest BCUT2D eigenvalue weighted by Gasteiger charge is -2.10. The first-order valence-corrected chi connectivity index (χ1v) is 7.90. The Morgan fingerprint density at radius 1 is 1.29 bits per heavy atom. The van der Waals surface area contributed by atoms with Crippen molar-refractivity contribution < 1.29 is 27.5 Å². The molecular formula is C13H13NO6S. The minimum atomic E-state index is -3.48. The zero-order chi connectivity index (χ0) is 15.8. The second kappa shape index (κ2) is 5.21. The summed E-state index contributed by atoms with van der Waals surface area (Å²) in [5.41, 5.74) is 0.724. The van der Waals surface area contributed by atoms with Crippen LogP contribution in [-0.4, -0.2) is 36.9 Å². The number of fused-ring (bicyclic) bond motifs is 1. The number of carbonyl (C=O) groups is 2. The number of aromatic carboxylic acids is 1. The molecule has 112 valence electrons. The van der Waals surface area contributed by atoms with Gasteiger partial charge < -0.3 is 14.8 Å². The number of carboxylic acids is 1. The van der Waals surface area contributed by atoms with E-state index in [0.29, 0.717) is 16.7 Å². The first-order chi connectivity index (χ1) is 9.68. The normalized spacial score (nSPS) is 13.0. The number of sulfone groups is 1. The summed E-state index contributed by atoms with van der Waals surface area (Å²) in [6, 6.07) is 5.85. The third kappa shape index (κ3) is 3.22. The van der Waals surface area contributed by atoms with E-state index < -0.39 is 27.0 Å². The van der Waals surface area contributed by atoms with E-state index >= 15 is 0 Å². The molecule has 1 unspecified atom stereocenters. The fourth-order valence-corrected chi connectivity index (χ4v) is 2.11. The van der Waals surface area contributed by atoms with Crippen LogP contribution in [-0.2, 0) is 14.6 Å². The van der Waals surface area contributed by atoms with Gasteiger partial charge in [-0.2, -0.15) is 0 Å². The van der Waals surface area contributed by atoms with Gasteiger partial charge in [0.25, 0.3) is 0 Å². The average Bonchev–Trinajstić information content (AvgIpc) is 2.79. The monoisotopic (exact) mass is 311 g/mol. The van der Waals surface area contributed by atoms with Crippen LogP contribution < -0.4 is 5.32 Å². The van der Waals surface area contributed by atoms with Crippen LogP contribution >= 0.6 is 0 Å². The summed E-state index contributed by atoms with van der Waals surface area (Å²) in [5, 5.41) is 10.6. The Morgan fingerprint density at radius 3 is 2.52 bits per heavy atom. The molecule has 0 saturated carbocycles. The number of furan rings is 1. The lowest BCUT2D eigenvalue weighted by molar-refractivity contribution is -0.115. The first kappa shape index (κ1) is 15.0.